The lowest BCUT2D eigenvalue weighted by atomic mass is 9.68. The molecular weight excluding hydrogens is 407 g/mol. The quantitative estimate of drug-likeness (QED) is 0.705. The molecule has 5 nitrogen and oxygen atoms in total. The van der Waals surface area contributed by atoms with Gasteiger partial charge in [0.1, 0.15) is 11.6 Å². The van der Waals surface area contributed by atoms with Gasteiger partial charge >= 0.3 is 0 Å². The topological polar surface area (TPSA) is 67.4 Å². The Kier molecular flexibility index (Phi) is 5.63. The summed E-state index contributed by atoms with van der Waals surface area (Å²) in [5.41, 5.74) is 3.81. The number of hydrogen-bond donors (Lipinski definition) is 2. The Morgan fingerprint density at radius 3 is 2.56 bits per heavy atom. The Bertz CT molecular complexity index is 1150. The first kappa shape index (κ1) is 21.8. The average Bonchev–Trinajstić information content (AvgIpc) is 2.73. The van der Waals surface area contributed by atoms with Crippen LogP contribution in [-0.4, -0.2) is 18.8 Å². The van der Waals surface area contributed by atoms with Crippen molar-refractivity contribution in [3.8, 4) is 5.75 Å². The summed E-state index contributed by atoms with van der Waals surface area (Å²) in [6, 6.07) is 13.1. The van der Waals surface area contributed by atoms with E-state index in [-0.39, 0.29) is 22.9 Å². The van der Waals surface area contributed by atoms with Crippen molar-refractivity contribution in [2.24, 2.45) is 5.41 Å². The Labute approximate surface area is 187 Å². The zero-order chi connectivity index (χ0) is 23.0. The standard InChI is InChI=1S/C26H27FN2O3/c1-15-22(25(31)29-18-10-8-17(27)9-11-18)23(16-6-5-7-19(12-16)32-4)24-20(28-15)13-26(2,3)14-21(24)30/h5-12,23,28H,13-14H2,1-4H3,(H,29,31)/t23-/m0/s1. The van der Waals surface area contributed by atoms with Gasteiger partial charge in [-0.25, -0.2) is 4.39 Å². The van der Waals surface area contributed by atoms with Gasteiger partial charge in [0.25, 0.3) is 5.91 Å². The second kappa shape index (κ2) is 8.26. The van der Waals surface area contributed by atoms with Crippen LogP contribution < -0.4 is 15.4 Å². The van der Waals surface area contributed by atoms with Crippen molar-refractivity contribution in [2.45, 2.75) is 39.5 Å². The van der Waals surface area contributed by atoms with E-state index >= 15 is 0 Å². The third-order valence-electron chi connectivity index (χ3n) is 6.01. The summed E-state index contributed by atoms with van der Waals surface area (Å²) < 4.78 is 18.7. The van der Waals surface area contributed by atoms with Gasteiger partial charge in [0.15, 0.2) is 5.78 Å². The number of dihydropyridines is 1. The van der Waals surface area contributed by atoms with Gasteiger partial charge in [-0.15, -0.1) is 0 Å². The molecule has 2 N–H and O–H groups in total. The number of rotatable bonds is 4. The summed E-state index contributed by atoms with van der Waals surface area (Å²) >= 11 is 0. The molecule has 0 unspecified atom stereocenters. The first-order valence-electron chi connectivity index (χ1n) is 10.6. The van der Waals surface area contributed by atoms with Crippen LogP contribution in [-0.2, 0) is 9.59 Å². The monoisotopic (exact) mass is 434 g/mol. The Balaban J connectivity index is 1.81. The molecule has 1 atom stereocenters. The maximum atomic E-state index is 13.4. The second-order valence-corrected chi connectivity index (χ2v) is 9.17. The van der Waals surface area contributed by atoms with Crippen LogP contribution in [0, 0.1) is 11.2 Å². The molecular formula is C26H27FN2O3. The van der Waals surface area contributed by atoms with Crippen molar-refractivity contribution in [3.05, 3.63) is 82.5 Å². The van der Waals surface area contributed by atoms with E-state index in [1.54, 1.807) is 7.11 Å². The summed E-state index contributed by atoms with van der Waals surface area (Å²) in [6.07, 6.45) is 1.14. The number of benzene rings is 2. The molecule has 2 aromatic rings. The maximum absolute atomic E-state index is 13.4. The number of Topliss-reactive ketones (excluding diaryl/α,β-unsaturated/α-hetero) is 1. The first-order valence-corrected chi connectivity index (χ1v) is 10.6. The van der Waals surface area contributed by atoms with Gasteiger partial charge in [-0.3, -0.25) is 9.59 Å². The molecule has 1 aliphatic carbocycles. The summed E-state index contributed by atoms with van der Waals surface area (Å²) in [5, 5.41) is 6.20. The molecule has 0 radical (unpaired) electrons. The minimum Gasteiger partial charge on any atom is -0.497 e. The molecule has 32 heavy (non-hydrogen) atoms. The van der Waals surface area contributed by atoms with E-state index in [9.17, 15) is 14.0 Å². The van der Waals surface area contributed by atoms with Crippen molar-refractivity contribution in [3.63, 3.8) is 0 Å². The largest absolute Gasteiger partial charge is 0.497 e. The van der Waals surface area contributed by atoms with E-state index in [1.807, 2.05) is 31.2 Å². The Morgan fingerprint density at radius 1 is 1.16 bits per heavy atom. The fourth-order valence-corrected chi connectivity index (χ4v) is 4.62. The molecule has 0 spiro atoms. The molecule has 2 aromatic carbocycles. The fourth-order valence-electron chi connectivity index (χ4n) is 4.62. The normalized spacial score (nSPS) is 19.9. The van der Waals surface area contributed by atoms with Crippen LogP contribution in [0.4, 0.5) is 10.1 Å². The second-order valence-electron chi connectivity index (χ2n) is 9.17. The highest BCUT2D eigenvalue weighted by atomic mass is 19.1. The lowest BCUT2D eigenvalue weighted by molar-refractivity contribution is -0.118. The highest BCUT2D eigenvalue weighted by Gasteiger charge is 2.42. The summed E-state index contributed by atoms with van der Waals surface area (Å²) in [4.78, 5) is 26.8. The lowest BCUT2D eigenvalue weighted by Crippen LogP contribution is -2.39. The number of amides is 1. The predicted molar refractivity (Wildman–Crippen MR) is 122 cm³/mol. The van der Waals surface area contributed by atoms with Gasteiger partial charge < -0.3 is 15.4 Å². The maximum Gasteiger partial charge on any atom is 0.254 e. The van der Waals surface area contributed by atoms with Gasteiger partial charge in [0, 0.05) is 40.6 Å². The average molecular weight is 435 g/mol. The molecule has 1 aliphatic heterocycles. The predicted octanol–water partition coefficient (Wildman–Crippen LogP) is 5.08. The highest BCUT2D eigenvalue weighted by Crippen LogP contribution is 2.47. The van der Waals surface area contributed by atoms with Crippen LogP contribution in [0.3, 0.4) is 0 Å². The molecule has 1 amide bonds. The SMILES string of the molecule is COc1cccc([C@H]2C(C(=O)Nc3ccc(F)cc3)=C(C)NC3=C2C(=O)CC(C)(C)C3)c1. The number of nitrogens with one attached hydrogen (secondary N) is 2. The molecule has 2 aliphatic rings. The van der Waals surface area contributed by atoms with Gasteiger partial charge in [-0.05, 0) is 60.7 Å². The van der Waals surface area contributed by atoms with E-state index in [0.29, 0.717) is 34.7 Å². The molecule has 6 heteroatoms. The molecule has 0 saturated carbocycles. The van der Waals surface area contributed by atoms with E-state index in [1.165, 1.54) is 24.3 Å². The molecule has 4 rings (SSSR count). The van der Waals surface area contributed by atoms with Crippen LogP contribution in [0.25, 0.3) is 0 Å². The summed E-state index contributed by atoms with van der Waals surface area (Å²) in [5.74, 6) is -0.542. The van der Waals surface area contributed by atoms with Gasteiger partial charge in [0.05, 0.1) is 7.11 Å². The molecule has 0 fully saturated rings. The van der Waals surface area contributed by atoms with E-state index < -0.39 is 5.92 Å². The summed E-state index contributed by atoms with van der Waals surface area (Å²) in [6.45, 7) is 6.00. The Morgan fingerprint density at radius 2 is 1.88 bits per heavy atom. The number of allylic oxidation sites excluding steroid dienone is 3. The number of methoxy groups -OCH3 is 1. The van der Waals surface area contributed by atoms with Gasteiger partial charge in [-0.1, -0.05) is 26.0 Å². The fraction of sp³-hybridized carbons (Fsp3) is 0.308. The third-order valence-corrected chi connectivity index (χ3v) is 6.01. The lowest BCUT2D eigenvalue weighted by Gasteiger charge is -2.39. The minimum atomic E-state index is -0.523. The molecule has 0 bridgehead atoms. The number of anilines is 1. The minimum absolute atomic E-state index is 0.0381. The van der Waals surface area contributed by atoms with Crippen molar-refractivity contribution >= 4 is 17.4 Å². The van der Waals surface area contributed by atoms with Gasteiger partial charge in [-0.2, -0.15) is 0 Å². The van der Waals surface area contributed by atoms with E-state index in [2.05, 4.69) is 24.5 Å². The van der Waals surface area contributed by atoms with E-state index in [4.69, 9.17) is 4.74 Å². The van der Waals surface area contributed by atoms with Crippen LogP contribution in [0.2, 0.25) is 0 Å². The molecule has 0 saturated heterocycles. The van der Waals surface area contributed by atoms with E-state index in [0.717, 1.165) is 17.7 Å². The summed E-state index contributed by atoms with van der Waals surface area (Å²) in [7, 11) is 1.59. The van der Waals surface area contributed by atoms with Crippen LogP contribution in [0.15, 0.2) is 71.1 Å². The Hall–Kier alpha value is -3.41. The first-order chi connectivity index (χ1) is 15.2. The zero-order valence-electron chi connectivity index (χ0n) is 18.7. The number of carbonyl (C=O) groups is 2. The highest BCUT2D eigenvalue weighted by molar-refractivity contribution is 6.10. The van der Waals surface area contributed by atoms with Crippen molar-refractivity contribution in [1.29, 1.82) is 0 Å². The van der Waals surface area contributed by atoms with Crippen LogP contribution >= 0.6 is 0 Å². The van der Waals surface area contributed by atoms with Crippen LogP contribution in [0.5, 0.6) is 5.75 Å². The molecule has 1 heterocycles. The van der Waals surface area contributed by atoms with Crippen molar-refractivity contribution < 1.29 is 18.7 Å². The smallest absolute Gasteiger partial charge is 0.254 e. The molecule has 166 valence electrons. The van der Waals surface area contributed by atoms with Crippen LogP contribution in [0.1, 0.15) is 45.1 Å². The third kappa shape index (κ3) is 4.17. The zero-order valence-corrected chi connectivity index (χ0v) is 18.7. The van der Waals surface area contributed by atoms with Crippen molar-refractivity contribution in [1.82, 2.24) is 5.32 Å². The molecule has 0 aromatic heterocycles. The number of ether oxygens (including phenoxy) is 1. The number of carbonyl (C=O) groups excluding carboxylic acids is 2. The van der Waals surface area contributed by atoms with Gasteiger partial charge in [0.2, 0.25) is 0 Å². The number of ketones is 1. The number of hydrogen-bond acceptors (Lipinski definition) is 4. The number of halogens is 1. The van der Waals surface area contributed by atoms with Crippen molar-refractivity contribution in [2.75, 3.05) is 12.4 Å².